The largest absolute Gasteiger partial charge is 0.369 e. The van der Waals surface area contributed by atoms with E-state index in [1.165, 1.54) is 30.6 Å². The van der Waals surface area contributed by atoms with E-state index in [1.54, 1.807) is 0 Å². The van der Waals surface area contributed by atoms with Gasteiger partial charge in [0.25, 0.3) is 5.91 Å². The van der Waals surface area contributed by atoms with Gasteiger partial charge in [-0.3, -0.25) is 14.6 Å². The van der Waals surface area contributed by atoms with Crippen LogP contribution in [-0.2, 0) is 6.54 Å². The minimum absolute atomic E-state index is 0.0563. The highest BCUT2D eigenvalue weighted by Gasteiger charge is 2.26. The molecule has 32 heavy (non-hydrogen) atoms. The lowest BCUT2D eigenvalue weighted by atomic mass is 10.1. The van der Waals surface area contributed by atoms with Gasteiger partial charge in [0.05, 0.1) is 0 Å². The van der Waals surface area contributed by atoms with Crippen LogP contribution in [0.2, 0.25) is 0 Å². The van der Waals surface area contributed by atoms with Crippen molar-refractivity contribution in [2.24, 2.45) is 5.92 Å². The van der Waals surface area contributed by atoms with Crippen LogP contribution >= 0.6 is 0 Å². The Balaban J connectivity index is 1.32. The number of amides is 1. The Morgan fingerprint density at radius 1 is 1.06 bits per heavy atom. The quantitative estimate of drug-likeness (QED) is 0.621. The number of carbonyl (C=O) groups is 1. The summed E-state index contributed by atoms with van der Waals surface area (Å²) in [5.41, 5.74) is 3.98. The summed E-state index contributed by atoms with van der Waals surface area (Å²) in [4.78, 5) is 20.3. The molecule has 0 unspecified atom stereocenters. The number of piperazine rings is 1. The van der Waals surface area contributed by atoms with Crippen molar-refractivity contribution in [1.29, 1.82) is 0 Å². The smallest absolute Gasteiger partial charge is 0.255 e. The van der Waals surface area contributed by atoms with Gasteiger partial charge in [0.1, 0.15) is 0 Å². The Labute approximate surface area is 193 Å². The van der Waals surface area contributed by atoms with Crippen LogP contribution in [0, 0.1) is 5.92 Å². The zero-order valence-corrected chi connectivity index (χ0v) is 19.9. The third-order valence-electron chi connectivity index (χ3n) is 6.79. The maximum Gasteiger partial charge on any atom is 0.255 e. The third-order valence-corrected chi connectivity index (χ3v) is 6.79. The SMILES string of the molecule is CCN(Cc1ccc(C(=O)Nc2cccc(N3CCN(CC4CC4)CC3)c2)cc1)C(C)C. The maximum absolute atomic E-state index is 12.8. The van der Waals surface area contributed by atoms with Crippen molar-refractivity contribution in [3.8, 4) is 0 Å². The normalized spacial score (nSPS) is 17.2. The number of hydrogen-bond acceptors (Lipinski definition) is 4. The van der Waals surface area contributed by atoms with Crippen molar-refractivity contribution in [2.75, 3.05) is 49.5 Å². The van der Waals surface area contributed by atoms with E-state index in [-0.39, 0.29) is 5.91 Å². The molecule has 2 aliphatic rings. The van der Waals surface area contributed by atoms with Crippen LogP contribution in [0.4, 0.5) is 11.4 Å². The van der Waals surface area contributed by atoms with Gasteiger partial charge in [-0.25, -0.2) is 0 Å². The molecule has 0 aromatic heterocycles. The number of nitrogens with zero attached hydrogens (tertiary/aromatic N) is 3. The van der Waals surface area contributed by atoms with Crippen LogP contribution < -0.4 is 10.2 Å². The third kappa shape index (κ3) is 6.11. The molecule has 0 spiro atoms. The van der Waals surface area contributed by atoms with Crippen LogP contribution in [0.1, 0.15) is 49.5 Å². The molecule has 4 rings (SSSR count). The summed E-state index contributed by atoms with van der Waals surface area (Å²) in [5, 5.41) is 3.08. The van der Waals surface area contributed by atoms with E-state index in [0.29, 0.717) is 11.6 Å². The highest BCUT2D eigenvalue weighted by Crippen LogP contribution is 2.30. The molecule has 0 atom stereocenters. The molecular weight excluding hydrogens is 396 g/mol. The number of anilines is 2. The Hall–Kier alpha value is -2.37. The summed E-state index contributed by atoms with van der Waals surface area (Å²) in [6.07, 6.45) is 2.83. The maximum atomic E-state index is 12.8. The lowest BCUT2D eigenvalue weighted by molar-refractivity contribution is 0.102. The van der Waals surface area contributed by atoms with Crippen molar-refractivity contribution in [2.45, 2.75) is 46.2 Å². The average Bonchev–Trinajstić information content (AvgIpc) is 3.62. The van der Waals surface area contributed by atoms with E-state index in [1.807, 2.05) is 24.3 Å². The van der Waals surface area contributed by atoms with Gasteiger partial charge in [-0.1, -0.05) is 25.1 Å². The Morgan fingerprint density at radius 3 is 2.41 bits per heavy atom. The fourth-order valence-corrected chi connectivity index (χ4v) is 4.49. The molecule has 1 N–H and O–H groups in total. The predicted octanol–water partition coefficient (Wildman–Crippen LogP) is 4.70. The summed E-state index contributed by atoms with van der Waals surface area (Å²) < 4.78 is 0. The molecule has 2 aromatic rings. The van der Waals surface area contributed by atoms with E-state index in [0.717, 1.165) is 50.9 Å². The summed E-state index contributed by atoms with van der Waals surface area (Å²) in [5.74, 6) is 0.897. The molecule has 1 amide bonds. The average molecular weight is 435 g/mol. The van der Waals surface area contributed by atoms with Crippen LogP contribution in [0.3, 0.4) is 0 Å². The molecule has 0 radical (unpaired) electrons. The summed E-state index contributed by atoms with van der Waals surface area (Å²) >= 11 is 0. The first-order chi connectivity index (χ1) is 15.5. The molecular formula is C27H38N4O. The summed E-state index contributed by atoms with van der Waals surface area (Å²) in [6.45, 7) is 14.2. The number of hydrogen-bond donors (Lipinski definition) is 1. The molecule has 1 saturated carbocycles. The molecule has 172 valence electrons. The van der Waals surface area contributed by atoms with E-state index in [4.69, 9.17) is 0 Å². The summed E-state index contributed by atoms with van der Waals surface area (Å²) in [6, 6.07) is 16.8. The molecule has 1 aliphatic carbocycles. The number of nitrogens with one attached hydrogen (secondary N) is 1. The topological polar surface area (TPSA) is 38.8 Å². The fourth-order valence-electron chi connectivity index (χ4n) is 4.49. The van der Waals surface area contributed by atoms with Gasteiger partial charge in [0.2, 0.25) is 0 Å². The second-order valence-corrected chi connectivity index (χ2v) is 9.59. The minimum Gasteiger partial charge on any atom is -0.369 e. The van der Waals surface area contributed by atoms with Gasteiger partial charge < -0.3 is 10.2 Å². The summed E-state index contributed by atoms with van der Waals surface area (Å²) in [7, 11) is 0. The molecule has 5 nitrogen and oxygen atoms in total. The van der Waals surface area contributed by atoms with E-state index in [9.17, 15) is 4.79 Å². The Kier molecular flexibility index (Phi) is 7.48. The van der Waals surface area contributed by atoms with Crippen molar-refractivity contribution >= 4 is 17.3 Å². The molecule has 1 aliphatic heterocycles. The van der Waals surface area contributed by atoms with Gasteiger partial charge in [-0.15, -0.1) is 0 Å². The first-order valence-corrected chi connectivity index (χ1v) is 12.2. The van der Waals surface area contributed by atoms with Gasteiger partial charge in [0, 0.05) is 62.2 Å². The van der Waals surface area contributed by atoms with Crippen LogP contribution in [0.15, 0.2) is 48.5 Å². The standard InChI is InChI=1S/C27H38N4O/c1-4-30(21(2)3)20-23-10-12-24(13-11-23)27(32)28-25-6-5-7-26(18-25)31-16-14-29(15-17-31)19-22-8-9-22/h5-7,10-13,18,21-22H,4,8-9,14-17,19-20H2,1-3H3,(H,28,32). The van der Waals surface area contributed by atoms with Gasteiger partial charge in [-0.05, 0) is 75.0 Å². The van der Waals surface area contributed by atoms with Crippen molar-refractivity contribution in [1.82, 2.24) is 9.80 Å². The minimum atomic E-state index is -0.0563. The first-order valence-electron chi connectivity index (χ1n) is 12.2. The van der Waals surface area contributed by atoms with E-state index >= 15 is 0 Å². The van der Waals surface area contributed by atoms with E-state index in [2.05, 4.69) is 65.1 Å². The molecule has 5 heteroatoms. The lowest BCUT2D eigenvalue weighted by Gasteiger charge is -2.36. The predicted molar refractivity (Wildman–Crippen MR) is 133 cm³/mol. The van der Waals surface area contributed by atoms with Crippen molar-refractivity contribution < 1.29 is 4.79 Å². The Morgan fingerprint density at radius 2 is 1.78 bits per heavy atom. The molecule has 0 bridgehead atoms. The first kappa shape index (κ1) is 22.8. The second-order valence-electron chi connectivity index (χ2n) is 9.59. The monoisotopic (exact) mass is 434 g/mol. The van der Waals surface area contributed by atoms with Crippen molar-refractivity contribution in [3.63, 3.8) is 0 Å². The molecule has 2 fully saturated rings. The highest BCUT2D eigenvalue weighted by atomic mass is 16.1. The van der Waals surface area contributed by atoms with Crippen LogP contribution in [-0.4, -0.2) is 61.0 Å². The van der Waals surface area contributed by atoms with E-state index < -0.39 is 0 Å². The van der Waals surface area contributed by atoms with Gasteiger partial charge in [0.15, 0.2) is 0 Å². The zero-order chi connectivity index (χ0) is 22.5. The Bertz CT molecular complexity index is 883. The van der Waals surface area contributed by atoms with Crippen LogP contribution in [0.5, 0.6) is 0 Å². The number of benzene rings is 2. The molecule has 2 aromatic carbocycles. The van der Waals surface area contributed by atoms with Crippen LogP contribution in [0.25, 0.3) is 0 Å². The number of carbonyl (C=O) groups excluding carboxylic acids is 1. The fraction of sp³-hybridized carbons (Fsp3) is 0.519. The van der Waals surface area contributed by atoms with Crippen molar-refractivity contribution in [3.05, 3.63) is 59.7 Å². The van der Waals surface area contributed by atoms with Gasteiger partial charge >= 0.3 is 0 Å². The van der Waals surface area contributed by atoms with Gasteiger partial charge in [-0.2, -0.15) is 0 Å². The lowest BCUT2D eigenvalue weighted by Crippen LogP contribution is -2.47. The second kappa shape index (κ2) is 10.5. The number of rotatable bonds is 9. The highest BCUT2D eigenvalue weighted by molar-refractivity contribution is 6.04. The molecule has 1 heterocycles. The zero-order valence-electron chi connectivity index (χ0n) is 19.9. The molecule has 1 saturated heterocycles.